The summed E-state index contributed by atoms with van der Waals surface area (Å²) in [6, 6.07) is 50.0. The molecular formula is C80H102BN3. The van der Waals surface area contributed by atoms with Crippen molar-refractivity contribution in [3.05, 3.63) is 177 Å². The maximum Gasteiger partial charge on any atom is 0.252 e. The number of fused-ring (bicyclic) bond motifs is 6. The summed E-state index contributed by atoms with van der Waals surface area (Å²) in [5, 5.41) is 0. The van der Waals surface area contributed by atoms with Crippen LogP contribution < -0.4 is 31.1 Å². The van der Waals surface area contributed by atoms with Gasteiger partial charge in [-0.2, -0.15) is 0 Å². The molecule has 4 heteroatoms. The van der Waals surface area contributed by atoms with E-state index in [-0.39, 0.29) is 50.0 Å². The van der Waals surface area contributed by atoms with E-state index < -0.39 is 0 Å². The molecule has 7 aromatic rings. The smallest absolute Gasteiger partial charge is 0.252 e. The zero-order valence-electron chi connectivity index (χ0n) is 56.4. The number of anilines is 9. The van der Waals surface area contributed by atoms with Crippen molar-refractivity contribution in [2.45, 2.75) is 247 Å². The molecule has 0 N–H and O–H groups in total. The summed E-state index contributed by atoms with van der Waals surface area (Å²) in [5.74, 6) is 0.689. The first kappa shape index (κ1) is 59.7. The number of benzene rings is 7. The van der Waals surface area contributed by atoms with Gasteiger partial charge in [-0.05, 0) is 226 Å². The topological polar surface area (TPSA) is 9.72 Å². The molecule has 2 aliphatic heterocycles. The fraction of sp³-hybridized carbons (Fsp3) is 0.475. The van der Waals surface area contributed by atoms with E-state index in [1.54, 1.807) is 0 Å². The summed E-state index contributed by atoms with van der Waals surface area (Å²) >= 11 is 0. The highest BCUT2D eigenvalue weighted by Gasteiger charge is 2.49. The first-order valence-corrected chi connectivity index (χ1v) is 32.3. The molecule has 0 saturated heterocycles. The van der Waals surface area contributed by atoms with Crippen LogP contribution in [0.1, 0.15) is 259 Å². The Balaban J connectivity index is 1.37. The Bertz CT molecular complexity index is 3700. The van der Waals surface area contributed by atoms with Crippen molar-refractivity contribution in [1.29, 1.82) is 0 Å². The van der Waals surface area contributed by atoms with Crippen molar-refractivity contribution in [3.8, 4) is 0 Å². The van der Waals surface area contributed by atoms with Gasteiger partial charge in [0.05, 0.1) is 5.69 Å². The van der Waals surface area contributed by atoms with Gasteiger partial charge in [0.15, 0.2) is 0 Å². The molecule has 0 aromatic heterocycles. The third-order valence-corrected chi connectivity index (χ3v) is 20.6. The van der Waals surface area contributed by atoms with E-state index >= 15 is 0 Å². The monoisotopic (exact) mass is 1120 g/mol. The summed E-state index contributed by atoms with van der Waals surface area (Å²) in [7, 11) is 0. The van der Waals surface area contributed by atoms with Gasteiger partial charge in [0.25, 0.3) is 6.71 Å². The molecule has 0 unspecified atom stereocenters. The van der Waals surface area contributed by atoms with Crippen LogP contribution in [0.5, 0.6) is 0 Å². The third-order valence-electron chi connectivity index (χ3n) is 20.6. The number of rotatable bonds is 7. The van der Waals surface area contributed by atoms with Gasteiger partial charge in [-0.3, -0.25) is 0 Å². The highest BCUT2D eigenvalue weighted by atomic mass is 15.2. The van der Waals surface area contributed by atoms with Gasteiger partial charge in [0, 0.05) is 45.5 Å². The molecule has 0 spiro atoms. The predicted octanol–water partition coefficient (Wildman–Crippen LogP) is 21.4. The van der Waals surface area contributed by atoms with Crippen molar-refractivity contribution in [2.75, 3.05) is 14.7 Å². The lowest BCUT2D eigenvalue weighted by Gasteiger charge is -2.48. The molecule has 0 amide bonds. The van der Waals surface area contributed by atoms with Gasteiger partial charge in [-0.25, -0.2) is 0 Å². The minimum atomic E-state index is -0.0937. The number of nitrogens with zero attached hydrogens (tertiary/aromatic N) is 3. The maximum atomic E-state index is 2.76. The Morgan fingerprint density at radius 3 is 1.27 bits per heavy atom. The van der Waals surface area contributed by atoms with Gasteiger partial charge in [0.1, 0.15) is 0 Å². The molecule has 2 aliphatic carbocycles. The third kappa shape index (κ3) is 10.1. The predicted molar refractivity (Wildman–Crippen MR) is 369 cm³/mol. The Kier molecular flexibility index (Phi) is 14.1. The van der Waals surface area contributed by atoms with Crippen LogP contribution in [0.25, 0.3) is 0 Å². The normalized spacial score (nSPS) is 17.6. The van der Waals surface area contributed by atoms with Gasteiger partial charge in [0.2, 0.25) is 0 Å². The summed E-state index contributed by atoms with van der Waals surface area (Å²) in [6.45, 7) is 58.1. The molecule has 4 aliphatic rings. The van der Waals surface area contributed by atoms with E-state index in [4.69, 9.17) is 0 Å². The van der Waals surface area contributed by atoms with Gasteiger partial charge >= 0.3 is 0 Å². The Morgan fingerprint density at radius 1 is 0.381 bits per heavy atom. The molecule has 0 radical (unpaired) electrons. The maximum absolute atomic E-state index is 2.76. The zero-order valence-corrected chi connectivity index (χ0v) is 56.4. The summed E-state index contributed by atoms with van der Waals surface area (Å²) < 4.78 is 0. The van der Waals surface area contributed by atoms with Crippen LogP contribution in [0.15, 0.2) is 121 Å². The summed E-state index contributed by atoms with van der Waals surface area (Å²) in [4.78, 5) is 8.09. The molecule has 0 saturated carbocycles. The Morgan fingerprint density at radius 2 is 0.798 bits per heavy atom. The van der Waals surface area contributed by atoms with Gasteiger partial charge < -0.3 is 14.7 Å². The van der Waals surface area contributed by atoms with Crippen molar-refractivity contribution in [2.24, 2.45) is 0 Å². The van der Waals surface area contributed by atoms with Crippen LogP contribution in [-0.4, -0.2) is 6.71 Å². The highest BCUT2D eigenvalue weighted by molar-refractivity contribution is 7.00. The first-order chi connectivity index (χ1) is 38.8. The van der Waals surface area contributed by atoms with Gasteiger partial charge in [-0.1, -0.05) is 215 Å². The van der Waals surface area contributed by atoms with Crippen molar-refractivity contribution >= 4 is 74.3 Å². The van der Waals surface area contributed by atoms with Crippen LogP contribution in [-0.2, 0) is 43.3 Å². The average Bonchev–Trinajstić information content (AvgIpc) is 0.695. The molecule has 7 aromatic carbocycles. The fourth-order valence-electron chi connectivity index (χ4n) is 15.1. The second kappa shape index (κ2) is 19.8. The van der Waals surface area contributed by atoms with Crippen LogP contribution >= 0.6 is 0 Å². The van der Waals surface area contributed by atoms with E-state index in [9.17, 15) is 0 Å². The molecule has 0 fully saturated rings. The Hall–Kier alpha value is -6.00. The lowest BCUT2D eigenvalue weighted by Crippen LogP contribution is -2.62. The molecule has 3 nitrogen and oxygen atoms in total. The van der Waals surface area contributed by atoms with Crippen LogP contribution in [0.2, 0.25) is 0 Å². The summed E-state index contributed by atoms with van der Waals surface area (Å²) in [6.07, 6.45) is 4.63. The van der Waals surface area contributed by atoms with Crippen molar-refractivity contribution in [1.82, 2.24) is 0 Å². The lowest BCUT2D eigenvalue weighted by atomic mass is 9.32. The standard InChI is InChI=1S/C80H102BN3/c1-49(2)58-33-31-55(41-61(58)75(11,12)13)83-68-45-59(50(3)4)62(76(14,15)16)46-66(68)81-67-47-64-65(80(23,24)38-37-79(64,21)22)48-69(67)84(56-32-34-60-63(42-56)78(19,20)36-35-77(60,17)18)71-44-57(43-70(83)72(71)81)82(53-29-25-27-51(39-53)73(5,6)7)54-30-26-28-52(40-54)74(8,9)10/h25-34,39-50H,35-38H2,1-24H3. The molecular weight excluding hydrogens is 1010 g/mol. The van der Waals surface area contributed by atoms with Crippen molar-refractivity contribution < 1.29 is 0 Å². The molecule has 2 heterocycles. The van der Waals surface area contributed by atoms with Crippen LogP contribution in [0.4, 0.5) is 51.2 Å². The minimum absolute atomic E-state index is 0.00586. The second-order valence-electron chi connectivity index (χ2n) is 33.7. The molecule has 11 rings (SSSR count). The average molecular weight is 1120 g/mol. The van der Waals surface area contributed by atoms with Crippen LogP contribution in [0.3, 0.4) is 0 Å². The Labute approximate surface area is 510 Å². The van der Waals surface area contributed by atoms with E-state index in [1.165, 1.54) is 113 Å². The largest absolute Gasteiger partial charge is 0.311 e. The molecule has 0 bridgehead atoms. The fourth-order valence-corrected chi connectivity index (χ4v) is 15.1. The first-order valence-electron chi connectivity index (χ1n) is 32.3. The summed E-state index contributed by atoms with van der Waals surface area (Å²) in [5.41, 5.74) is 29.2. The van der Waals surface area contributed by atoms with E-state index in [2.05, 4.69) is 302 Å². The lowest BCUT2D eigenvalue weighted by molar-refractivity contribution is 0.332. The molecule has 440 valence electrons. The zero-order chi connectivity index (χ0) is 61.1. The minimum Gasteiger partial charge on any atom is -0.311 e. The van der Waals surface area contributed by atoms with E-state index in [1.807, 2.05) is 0 Å². The number of hydrogen-bond donors (Lipinski definition) is 0. The van der Waals surface area contributed by atoms with Crippen molar-refractivity contribution in [3.63, 3.8) is 0 Å². The molecule has 0 atom stereocenters. The number of hydrogen-bond acceptors (Lipinski definition) is 3. The SMILES string of the molecule is CC(C)c1ccc(N2c3cc(C(C)C)c(C(C)(C)C)cc3B3c4cc5c(cc4N(c4ccc6c(c4)C(C)(C)CCC6(C)C)c4cc(N(c6cccc(C(C)(C)C)c6)c6cccc(C(C)(C)C)c6)cc2c43)C(C)(C)CCC5(C)C)cc1C(C)(C)C. The molecule has 84 heavy (non-hydrogen) atoms. The van der Waals surface area contributed by atoms with Gasteiger partial charge in [-0.15, -0.1) is 0 Å². The quantitative estimate of drug-likeness (QED) is 0.147. The van der Waals surface area contributed by atoms with E-state index in [0.717, 1.165) is 36.3 Å². The van der Waals surface area contributed by atoms with E-state index in [0.29, 0.717) is 11.8 Å². The van der Waals surface area contributed by atoms with Crippen LogP contribution in [0, 0.1) is 0 Å². The second-order valence-corrected chi connectivity index (χ2v) is 33.7. The highest BCUT2D eigenvalue weighted by Crippen LogP contribution is 2.55.